The third-order valence-electron chi connectivity index (χ3n) is 4.75. The van der Waals surface area contributed by atoms with Crippen LogP contribution in [0.25, 0.3) is 16.9 Å². The number of pyridine rings is 1. The van der Waals surface area contributed by atoms with Crippen molar-refractivity contribution in [3.63, 3.8) is 0 Å². The van der Waals surface area contributed by atoms with Crippen molar-refractivity contribution in [1.82, 2.24) is 9.38 Å². The number of benzene rings is 2. The largest absolute Gasteiger partial charge is 0.306 e. The molecule has 0 atom stereocenters. The minimum Gasteiger partial charge on any atom is -0.306 e. The number of sulfonamides is 1. The molecule has 2 aromatic heterocycles. The van der Waals surface area contributed by atoms with Crippen molar-refractivity contribution in [3.05, 3.63) is 88.7 Å². The summed E-state index contributed by atoms with van der Waals surface area (Å²) >= 11 is 5.88. The van der Waals surface area contributed by atoms with Crippen molar-refractivity contribution in [2.45, 2.75) is 19.6 Å². The van der Waals surface area contributed by atoms with E-state index in [4.69, 9.17) is 16.6 Å². The normalized spacial score (nSPS) is 11.7. The van der Waals surface area contributed by atoms with Crippen molar-refractivity contribution >= 4 is 33.0 Å². The molecule has 0 unspecified atom stereocenters. The number of nitrogens with zero attached hydrogens (tertiary/aromatic N) is 2. The zero-order valence-electron chi connectivity index (χ0n) is 16.1. The van der Waals surface area contributed by atoms with Crippen LogP contribution in [0.5, 0.6) is 0 Å². The molecule has 1 N–H and O–H groups in total. The lowest BCUT2D eigenvalue weighted by molar-refractivity contribution is 0.600. The second-order valence-corrected chi connectivity index (χ2v) is 9.22. The zero-order valence-corrected chi connectivity index (χ0v) is 17.6. The van der Waals surface area contributed by atoms with Crippen molar-refractivity contribution in [1.29, 1.82) is 0 Å². The number of anilines is 1. The Hall–Kier alpha value is -2.83. The molecule has 0 amide bonds. The topological polar surface area (TPSA) is 63.5 Å². The lowest BCUT2D eigenvalue weighted by Crippen LogP contribution is -2.15. The van der Waals surface area contributed by atoms with Gasteiger partial charge in [0.25, 0.3) is 0 Å². The monoisotopic (exact) mass is 425 g/mol. The van der Waals surface area contributed by atoms with Gasteiger partial charge in [0.2, 0.25) is 10.0 Å². The van der Waals surface area contributed by atoms with E-state index in [2.05, 4.69) is 4.72 Å². The molecule has 0 fully saturated rings. The number of nitrogens with one attached hydrogen (secondary N) is 1. The zero-order chi connectivity index (χ0) is 20.6. The van der Waals surface area contributed by atoms with Crippen molar-refractivity contribution < 1.29 is 8.42 Å². The van der Waals surface area contributed by atoms with E-state index in [0.29, 0.717) is 16.3 Å². The summed E-state index contributed by atoms with van der Waals surface area (Å²) in [5.74, 6) is -0.124. The number of aryl methyl sites for hydroxylation is 2. The fourth-order valence-electron chi connectivity index (χ4n) is 3.19. The van der Waals surface area contributed by atoms with E-state index < -0.39 is 10.0 Å². The fraction of sp³-hybridized carbons (Fsp3) is 0.136. The predicted octanol–water partition coefficient (Wildman–Crippen LogP) is 5.21. The van der Waals surface area contributed by atoms with E-state index >= 15 is 0 Å². The molecule has 0 aliphatic carbocycles. The highest BCUT2D eigenvalue weighted by atomic mass is 35.5. The molecule has 0 saturated heterocycles. The van der Waals surface area contributed by atoms with E-state index in [1.165, 1.54) is 0 Å². The third kappa shape index (κ3) is 4.28. The first-order valence-corrected chi connectivity index (χ1v) is 11.1. The van der Waals surface area contributed by atoms with Gasteiger partial charge in [-0.1, -0.05) is 41.9 Å². The van der Waals surface area contributed by atoms with E-state index in [-0.39, 0.29) is 5.75 Å². The second-order valence-electron chi connectivity index (χ2n) is 7.07. The molecule has 0 bridgehead atoms. The number of halogens is 1. The van der Waals surface area contributed by atoms with Crippen LogP contribution in [0.3, 0.4) is 0 Å². The lowest BCUT2D eigenvalue weighted by Gasteiger charge is -2.12. The summed E-state index contributed by atoms with van der Waals surface area (Å²) in [6, 6.07) is 16.4. The molecular formula is C22H20ClN3O2S. The second kappa shape index (κ2) is 7.54. The molecule has 148 valence electrons. The Kier molecular flexibility index (Phi) is 5.06. The SMILES string of the molecule is Cc1ccc(-c2cn3cccc(C)c3n2)cc1NS(=O)(=O)Cc1ccc(Cl)cc1. The molecule has 5 nitrogen and oxygen atoms in total. The molecule has 2 aromatic carbocycles. The van der Waals surface area contributed by atoms with Crippen LogP contribution in [0, 0.1) is 13.8 Å². The average Bonchev–Trinajstić information content (AvgIpc) is 3.11. The highest BCUT2D eigenvalue weighted by molar-refractivity contribution is 7.91. The van der Waals surface area contributed by atoms with E-state index in [1.54, 1.807) is 24.3 Å². The van der Waals surface area contributed by atoms with Crippen LogP contribution in [-0.2, 0) is 15.8 Å². The molecule has 0 spiro atoms. The van der Waals surface area contributed by atoms with Crippen molar-refractivity contribution in [2.75, 3.05) is 4.72 Å². The minimum atomic E-state index is -3.57. The predicted molar refractivity (Wildman–Crippen MR) is 118 cm³/mol. The van der Waals surface area contributed by atoms with Gasteiger partial charge in [0, 0.05) is 23.0 Å². The Balaban J connectivity index is 1.64. The number of imidazole rings is 1. The Labute approximate surface area is 175 Å². The standard InChI is InChI=1S/C22H20ClN3O2S/c1-15-5-8-18(21-13-26-11-3-4-16(2)22(26)24-21)12-20(15)25-29(27,28)14-17-6-9-19(23)10-7-17/h3-13,25H,14H2,1-2H3. The molecule has 29 heavy (non-hydrogen) atoms. The van der Waals surface area contributed by atoms with Gasteiger partial charge in [0.05, 0.1) is 17.1 Å². The Bertz CT molecular complexity index is 1300. The number of rotatable bonds is 5. The Morgan fingerprint density at radius 1 is 1.03 bits per heavy atom. The van der Waals surface area contributed by atoms with E-state index in [9.17, 15) is 8.42 Å². The smallest absolute Gasteiger partial charge is 0.236 e. The van der Waals surface area contributed by atoms with Gasteiger partial charge in [-0.2, -0.15) is 0 Å². The first-order valence-electron chi connectivity index (χ1n) is 9.11. The van der Waals surface area contributed by atoms with Gasteiger partial charge < -0.3 is 4.40 Å². The van der Waals surface area contributed by atoms with E-state index in [1.807, 2.05) is 61.0 Å². The summed E-state index contributed by atoms with van der Waals surface area (Å²) in [4.78, 5) is 4.70. The van der Waals surface area contributed by atoms with E-state index in [0.717, 1.165) is 28.0 Å². The van der Waals surface area contributed by atoms with Crippen molar-refractivity contribution in [2.24, 2.45) is 0 Å². The van der Waals surface area contributed by atoms with Gasteiger partial charge in [-0.05, 0) is 54.8 Å². The summed E-state index contributed by atoms with van der Waals surface area (Å²) in [6.45, 7) is 3.88. The molecular weight excluding hydrogens is 406 g/mol. The van der Waals surface area contributed by atoms with Crippen LogP contribution in [0.4, 0.5) is 5.69 Å². The molecule has 0 aliphatic heterocycles. The lowest BCUT2D eigenvalue weighted by atomic mass is 10.1. The van der Waals surface area contributed by atoms with Gasteiger partial charge in [0.15, 0.2) is 0 Å². The Morgan fingerprint density at radius 2 is 1.79 bits per heavy atom. The maximum atomic E-state index is 12.7. The Morgan fingerprint density at radius 3 is 2.52 bits per heavy atom. The summed E-state index contributed by atoms with van der Waals surface area (Å²) in [5.41, 5.74) is 5.66. The number of fused-ring (bicyclic) bond motifs is 1. The third-order valence-corrected chi connectivity index (χ3v) is 6.24. The molecule has 7 heteroatoms. The van der Waals surface area contributed by atoms with Crippen LogP contribution in [0.2, 0.25) is 5.02 Å². The molecule has 0 radical (unpaired) electrons. The molecule has 4 aromatic rings. The van der Waals surface area contributed by atoms with Crippen molar-refractivity contribution in [3.8, 4) is 11.3 Å². The molecule has 2 heterocycles. The maximum Gasteiger partial charge on any atom is 0.236 e. The molecule has 0 saturated carbocycles. The summed E-state index contributed by atoms with van der Waals surface area (Å²) in [6.07, 6.45) is 3.89. The first-order chi connectivity index (χ1) is 13.8. The highest BCUT2D eigenvalue weighted by Gasteiger charge is 2.15. The number of hydrogen-bond acceptors (Lipinski definition) is 3. The van der Waals surface area contributed by atoms with Gasteiger partial charge in [-0.25, -0.2) is 13.4 Å². The highest BCUT2D eigenvalue weighted by Crippen LogP contribution is 2.27. The summed E-state index contributed by atoms with van der Waals surface area (Å²) in [7, 11) is -3.57. The van der Waals surface area contributed by atoms with Gasteiger partial charge in [-0.3, -0.25) is 4.72 Å². The van der Waals surface area contributed by atoms with Crippen LogP contribution in [0.15, 0.2) is 67.0 Å². The van der Waals surface area contributed by atoms with Crippen LogP contribution in [0.1, 0.15) is 16.7 Å². The number of aromatic nitrogens is 2. The van der Waals surface area contributed by atoms with Gasteiger partial charge >= 0.3 is 0 Å². The molecule has 4 rings (SSSR count). The first kappa shape index (κ1) is 19.5. The van der Waals surface area contributed by atoms with Gasteiger partial charge in [0.1, 0.15) is 5.65 Å². The van der Waals surface area contributed by atoms with Crippen LogP contribution in [-0.4, -0.2) is 17.8 Å². The quantitative estimate of drug-likeness (QED) is 0.477. The van der Waals surface area contributed by atoms with Crippen LogP contribution < -0.4 is 4.72 Å². The average molecular weight is 426 g/mol. The summed E-state index contributed by atoms with van der Waals surface area (Å²) in [5, 5.41) is 0.574. The fourth-order valence-corrected chi connectivity index (χ4v) is 4.57. The summed E-state index contributed by atoms with van der Waals surface area (Å²) < 4.78 is 30.0. The van der Waals surface area contributed by atoms with Gasteiger partial charge in [-0.15, -0.1) is 0 Å². The minimum absolute atomic E-state index is 0.124. The molecule has 0 aliphatic rings. The number of hydrogen-bond donors (Lipinski definition) is 1. The maximum absolute atomic E-state index is 12.7. The van der Waals surface area contributed by atoms with Crippen LogP contribution >= 0.6 is 11.6 Å².